The van der Waals surface area contributed by atoms with Crippen LogP contribution in [-0.4, -0.2) is 36.4 Å². The predicted molar refractivity (Wildman–Crippen MR) is 48.7 cm³/mol. The van der Waals surface area contributed by atoms with Gasteiger partial charge in [0.2, 0.25) is 0 Å². The van der Waals surface area contributed by atoms with Crippen LogP contribution >= 0.6 is 11.6 Å². The molecular weight excluding hydrogens is 176 g/mol. The Bertz CT molecular complexity index is 254. The van der Waals surface area contributed by atoms with E-state index in [-0.39, 0.29) is 0 Å². The van der Waals surface area contributed by atoms with Gasteiger partial charge in [0.05, 0.1) is 11.9 Å². The molecule has 0 aromatic carbocycles. The van der Waals surface area contributed by atoms with E-state index in [1.807, 2.05) is 0 Å². The Morgan fingerprint density at radius 1 is 1.42 bits per heavy atom. The zero-order valence-electron chi connectivity index (χ0n) is 6.68. The van der Waals surface area contributed by atoms with Gasteiger partial charge >= 0.3 is 0 Å². The van der Waals surface area contributed by atoms with E-state index in [0.29, 0.717) is 5.15 Å². The SMILES string of the molecule is Clc1[nH]ncc1N1CCNCC1. The summed E-state index contributed by atoms with van der Waals surface area (Å²) in [6.07, 6.45) is 1.77. The molecule has 0 atom stereocenters. The number of hydrogen-bond donors (Lipinski definition) is 2. The molecule has 2 N–H and O–H groups in total. The van der Waals surface area contributed by atoms with Crippen molar-refractivity contribution in [2.45, 2.75) is 0 Å². The first-order valence-corrected chi connectivity index (χ1v) is 4.40. The number of rotatable bonds is 1. The predicted octanol–water partition coefficient (Wildman–Crippen LogP) is 0.473. The molecule has 2 rings (SSSR count). The van der Waals surface area contributed by atoms with Gasteiger partial charge in [0.15, 0.2) is 0 Å². The second-order valence-electron chi connectivity index (χ2n) is 2.81. The lowest BCUT2D eigenvalue weighted by atomic mass is 10.3. The summed E-state index contributed by atoms with van der Waals surface area (Å²) in [6.45, 7) is 4.03. The second-order valence-corrected chi connectivity index (χ2v) is 3.18. The van der Waals surface area contributed by atoms with Gasteiger partial charge in [0.1, 0.15) is 5.15 Å². The fraction of sp³-hybridized carbons (Fsp3) is 0.571. The van der Waals surface area contributed by atoms with Gasteiger partial charge in [-0.25, -0.2) is 0 Å². The molecule has 0 aliphatic carbocycles. The minimum Gasteiger partial charge on any atom is -0.365 e. The van der Waals surface area contributed by atoms with E-state index < -0.39 is 0 Å². The highest BCUT2D eigenvalue weighted by atomic mass is 35.5. The third kappa shape index (κ3) is 1.40. The topological polar surface area (TPSA) is 44.0 Å². The van der Waals surface area contributed by atoms with Crippen molar-refractivity contribution in [3.63, 3.8) is 0 Å². The number of aromatic amines is 1. The molecule has 0 spiro atoms. The van der Waals surface area contributed by atoms with Gasteiger partial charge in [0.25, 0.3) is 0 Å². The Morgan fingerprint density at radius 3 is 2.75 bits per heavy atom. The number of piperazine rings is 1. The van der Waals surface area contributed by atoms with Gasteiger partial charge in [-0.1, -0.05) is 11.6 Å². The minimum atomic E-state index is 0.636. The molecule has 0 radical (unpaired) electrons. The van der Waals surface area contributed by atoms with Crippen LogP contribution in [0.15, 0.2) is 6.20 Å². The average Bonchev–Trinajstić information content (AvgIpc) is 2.53. The molecule has 66 valence electrons. The highest BCUT2D eigenvalue weighted by Crippen LogP contribution is 2.22. The summed E-state index contributed by atoms with van der Waals surface area (Å²) in [7, 11) is 0. The monoisotopic (exact) mass is 186 g/mol. The molecule has 0 saturated carbocycles. The normalized spacial score (nSPS) is 18.2. The number of anilines is 1. The number of halogens is 1. The molecule has 0 bridgehead atoms. The molecule has 0 unspecified atom stereocenters. The van der Waals surface area contributed by atoms with Crippen LogP contribution in [0.2, 0.25) is 5.15 Å². The average molecular weight is 187 g/mol. The van der Waals surface area contributed by atoms with Crippen molar-refractivity contribution in [3.8, 4) is 0 Å². The Kier molecular flexibility index (Phi) is 2.19. The molecule has 0 amide bonds. The molecule has 1 aromatic heterocycles. The van der Waals surface area contributed by atoms with E-state index in [4.69, 9.17) is 11.6 Å². The number of hydrogen-bond acceptors (Lipinski definition) is 3. The zero-order chi connectivity index (χ0) is 8.39. The summed E-state index contributed by atoms with van der Waals surface area (Å²) in [5, 5.41) is 10.5. The Morgan fingerprint density at radius 2 is 2.17 bits per heavy atom. The molecule has 1 aromatic rings. The third-order valence-electron chi connectivity index (χ3n) is 2.03. The maximum atomic E-state index is 5.89. The van der Waals surface area contributed by atoms with Crippen LogP contribution in [0.1, 0.15) is 0 Å². The molecule has 1 aliphatic rings. The van der Waals surface area contributed by atoms with E-state index in [9.17, 15) is 0 Å². The van der Waals surface area contributed by atoms with E-state index >= 15 is 0 Å². The first-order valence-electron chi connectivity index (χ1n) is 4.02. The van der Waals surface area contributed by atoms with Crippen molar-refractivity contribution >= 4 is 17.3 Å². The quantitative estimate of drug-likeness (QED) is 0.671. The van der Waals surface area contributed by atoms with Crippen LogP contribution in [0, 0.1) is 0 Å². The van der Waals surface area contributed by atoms with Crippen molar-refractivity contribution in [3.05, 3.63) is 11.3 Å². The maximum Gasteiger partial charge on any atom is 0.147 e. The Hall–Kier alpha value is -0.740. The van der Waals surface area contributed by atoms with Crippen LogP contribution in [0.3, 0.4) is 0 Å². The summed E-state index contributed by atoms with van der Waals surface area (Å²) in [5.74, 6) is 0. The molecule has 4 nitrogen and oxygen atoms in total. The summed E-state index contributed by atoms with van der Waals surface area (Å²) in [6, 6.07) is 0. The minimum absolute atomic E-state index is 0.636. The van der Waals surface area contributed by atoms with Crippen molar-refractivity contribution in [1.82, 2.24) is 15.5 Å². The van der Waals surface area contributed by atoms with Gasteiger partial charge in [-0.3, -0.25) is 5.10 Å². The summed E-state index contributed by atoms with van der Waals surface area (Å²) in [4.78, 5) is 2.22. The molecule has 2 heterocycles. The van der Waals surface area contributed by atoms with Crippen molar-refractivity contribution in [2.75, 3.05) is 31.1 Å². The number of H-pyrrole nitrogens is 1. The molecule has 1 aliphatic heterocycles. The first-order chi connectivity index (χ1) is 5.88. The van der Waals surface area contributed by atoms with Gasteiger partial charge in [-0.15, -0.1) is 0 Å². The largest absolute Gasteiger partial charge is 0.365 e. The Labute approximate surface area is 75.9 Å². The first kappa shape index (κ1) is 7.89. The third-order valence-corrected chi connectivity index (χ3v) is 2.31. The highest BCUT2D eigenvalue weighted by Gasteiger charge is 2.13. The van der Waals surface area contributed by atoms with E-state index in [1.165, 1.54) is 0 Å². The lowest BCUT2D eigenvalue weighted by Gasteiger charge is -2.28. The second kappa shape index (κ2) is 3.33. The van der Waals surface area contributed by atoms with Crippen LogP contribution < -0.4 is 10.2 Å². The molecule has 5 heteroatoms. The number of aromatic nitrogens is 2. The van der Waals surface area contributed by atoms with Crippen LogP contribution in [0.4, 0.5) is 5.69 Å². The molecule has 1 fully saturated rings. The van der Waals surface area contributed by atoms with Crippen molar-refractivity contribution in [2.24, 2.45) is 0 Å². The maximum absolute atomic E-state index is 5.89. The van der Waals surface area contributed by atoms with Gasteiger partial charge in [0, 0.05) is 26.2 Å². The lowest BCUT2D eigenvalue weighted by molar-refractivity contribution is 0.589. The standard InChI is InChI=1S/C7H11ClN4/c8-7-6(5-10-11-7)12-3-1-9-2-4-12/h5,9H,1-4H2,(H,10,11). The van der Waals surface area contributed by atoms with E-state index in [0.717, 1.165) is 31.9 Å². The highest BCUT2D eigenvalue weighted by molar-refractivity contribution is 6.32. The van der Waals surface area contributed by atoms with Crippen molar-refractivity contribution in [1.29, 1.82) is 0 Å². The number of nitrogens with zero attached hydrogens (tertiary/aromatic N) is 2. The van der Waals surface area contributed by atoms with Crippen LogP contribution in [0.5, 0.6) is 0 Å². The van der Waals surface area contributed by atoms with Gasteiger partial charge < -0.3 is 10.2 Å². The summed E-state index contributed by atoms with van der Waals surface area (Å²) < 4.78 is 0. The summed E-state index contributed by atoms with van der Waals surface area (Å²) >= 11 is 5.89. The lowest BCUT2D eigenvalue weighted by Crippen LogP contribution is -2.43. The van der Waals surface area contributed by atoms with Gasteiger partial charge in [-0.05, 0) is 0 Å². The van der Waals surface area contributed by atoms with Gasteiger partial charge in [-0.2, -0.15) is 5.10 Å². The smallest absolute Gasteiger partial charge is 0.147 e. The van der Waals surface area contributed by atoms with E-state index in [1.54, 1.807) is 6.20 Å². The van der Waals surface area contributed by atoms with Crippen LogP contribution in [0.25, 0.3) is 0 Å². The fourth-order valence-electron chi connectivity index (χ4n) is 1.39. The zero-order valence-corrected chi connectivity index (χ0v) is 7.43. The number of nitrogens with one attached hydrogen (secondary N) is 2. The van der Waals surface area contributed by atoms with E-state index in [2.05, 4.69) is 20.4 Å². The van der Waals surface area contributed by atoms with Crippen LogP contribution in [-0.2, 0) is 0 Å². The molecule has 1 saturated heterocycles. The summed E-state index contributed by atoms with van der Waals surface area (Å²) in [5.41, 5.74) is 1.01. The molecular formula is C7H11ClN4. The molecule has 12 heavy (non-hydrogen) atoms. The Balaban J connectivity index is 2.13. The van der Waals surface area contributed by atoms with Crippen molar-refractivity contribution < 1.29 is 0 Å². The fourth-order valence-corrected chi connectivity index (χ4v) is 1.61.